The fourth-order valence-corrected chi connectivity index (χ4v) is 3.38. The predicted octanol–water partition coefficient (Wildman–Crippen LogP) is 3.01. The Labute approximate surface area is 150 Å². The van der Waals surface area contributed by atoms with Crippen LogP contribution in [-0.4, -0.2) is 39.0 Å². The first-order valence-electron chi connectivity index (χ1n) is 8.53. The summed E-state index contributed by atoms with van der Waals surface area (Å²) in [6.45, 7) is 1.69. The van der Waals surface area contributed by atoms with Gasteiger partial charge < -0.3 is 10.2 Å². The lowest BCUT2D eigenvalue weighted by Gasteiger charge is -2.33. The molecule has 8 heteroatoms. The maximum Gasteiger partial charge on any atom is 0.278 e. The molecule has 0 radical (unpaired) electrons. The Kier molecular flexibility index (Phi) is 4.30. The molecule has 4 rings (SSSR count). The van der Waals surface area contributed by atoms with Crippen LogP contribution in [0, 0.1) is 10.1 Å². The highest BCUT2D eigenvalue weighted by Gasteiger charge is 2.23. The van der Waals surface area contributed by atoms with Crippen LogP contribution >= 0.6 is 0 Å². The fourth-order valence-electron chi connectivity index (χ4n) is 3.38. The summed E-state index contributed by atoms with van der Waals surface area (Å²) in [5, 5.41) is 15.3. The number of nitrogens with one attached hydrogen (secondary N) is 1. The highest BCUT2D eigenvalue weighted by Crippen LogP contribution is 2.31. The zero-order chi connectivity index (χ0) is 17.9. The van der Waals surface area contributed by atoms with E-state index in [0.717, 1.165) is 37.6 Å². The van der Waals surface area contributed by atoms with E-state index in [9.17, 15) is 10.1 Å². The number of fused-ring (bicyclic) bond motifs is 1. The van der Waals surface area contributed by atoms with Crippen molar-refractivity contribution in [1.82, 2.24) is 15.0 Å². The summed E-state index contributed by atoms with van der Waals surface area (Å²) < 4.78 is 0. The Balaban J connectivity index is 1.59. The second kappa shape index (κ2) is 6.91. The number of anilines is 2. The molecule has 1 aromatic carbocycles. The maximum atomic E-state index is 11.3. The minimum absolute atomic E-state index is 0.0709. The fraction of sp³-hybridized carbons (Fsp3) is 0.278. The average molecular weight is 350 g/mol. The number of pyridine rings is 1. The van der Waals surface area contributed by atoms with Crippen LogP contribution < -0.4 is 10.2 Å². The monoisotopic (exact) mass is 350 g/mol. The van der Waals surface area contributed by atoms with E-state index >= 15 is 0 Å². The summed E-state index contributed by atoms with van der Waals surface area (Å²) >= 11 is 0. The molecule has 8 nitrogen and oxygen atoms in total. The SMILES string of the molecule is O=[N+]([O-])c1ccc(NC2CCCN(c3ncccn3)C2)c2ncccc12. The van der Waals surface area contributed by atoms with Crippen LogP contribution in [0.15, 0.2) is 48.9 Å². The third kappa shape index (κ3) is 3.13. The summed E-state index contributed by atoms with van der Waals surface area (Å²) in [5.74, 6) is 0.727. The maximum absolute atomic E-state index is 11.3. The minimum atomic E-state index is -0.372. The van der Waals surface area contributed by atoms with Gasteiger partial charge in [-0.25, -0.2) is 9.97 Å². The van der Waals surface area contributed by atoms with Crippen molar-refractivity contribution in [3.63, 3.8) is 0 Å². The lowest BCUT2D eigenvalue weighted by Crippen LogP contribution is -2.42. The van der Waals surface area contributed by atoms with E-state index < -0.39 is 0 Å². The summed E-state index contributed by atoms with van der Waals surface area (Å²) in [6.07, 6.45) is 7.17. The molecule has 0 saturated carbocycles. The summed E-state index contributed by atoms with van der Waals surface area (Å²) in [5.41, 5.74) is 1.50. The van der Waals surface area contributed by atoms with E-state index in [1.807, 2.05) is 0 Å². The average Bonchev–Trinajstić information content (AvgIpc) is 2.69. The van der Waals surface area contributed by atoms with Gasteiger partial charge in [-0.3, -0.25) is 15.1 Å². The largest absolute Gasteiger partial charge is 0.379 e. The van der Waals surface area contributed by atoms with Crippen LogP contribution in [0.5, 0.6) is 0 Å². The molecule has 1 unspecified atom stereocenters. The molecular formula is C18H18N6O2. The molecule has 1 fully saturated rings. The van der Waals surface area contributed by atoms with Gasteiger partial charge in [0.2, 0.25) is 5.95 Å². The number of nitro groups is 1. The lowest BCUT2D eigenvalue weighted by molar-refractivity contribution is -0.383. The summed E-state index contributed by atoms with van der Waals surface area (Å²) in [4.78, 5) is 26.0. The van der Waals surface area contributed by atoms with Gasteiger partial charge in [0.1, 0.15) is 5.52 Å². The minimum Gasteiger partial charge on any atom is -0.379 e. The van der Waals surface area contributed by atoms with Gasteiger partial charge in [-0.1, -0.05) is 0 Å². The number of benzene rings is 1. The zero-order valence-corrected chi connectivity index (χ0v) is 14.1. The van der Waals surface area contributed by atoms with E-state index in [0.29, 0.717) is 10.9 Å². The van der Waals surface area contributed by atoms with Crippen molar-refractivity contribution in [3.8, 4) is 0 Å². The van der Waals surface area contributed by atoms with Crippen LogP contribution in [-0.2, 0) is 0 Å². The van der Waals surface area contributed by atoms with Crippen LogP contribution in [0.1, 0.15) is 12.8 Å². The number of aromatic nitrogens is 3. The molecule has 3 aromatic rings. The summed E-state index contributed by atoms with van der Waals surface area (Å²) in [6, 6.07) is 8.72. The molecule has 132 valence electrons. The highest BCUT2D eigenvalue weighted by molar-refractivity contribution is 5.96. The van der Waals surface area contributed by atoms with E-state index in [-0.39, 0.29) is 16.7 Å². The molecule has 1 aliphatic rings. The Morgan fingerprint density at radius 2 is 1.92 bits per heavy atom. The van der Waals surface area contributed by atoms with Crippen LogP contribution in [0.2, 0.25) is 0 Å². The molecule has 26 heavy (non-hydrogen) atoms. The molecular weight excluding hydrogens is 332 g/mol. The van der Waals surface area contributed by atoms with Crippen molar-refractivity contribution in [2.75, 3.05) is 23.3 Å². The lowest BCUT2D eigenvalue weighted by atomic mass is 10.0. The van der Waals surface area contributed by atoms with Crippen molar-refractivity contribution >= 4 is 28.2 Å². The van der Waals surface area contributed by atoms with Crippen LogP contribution in [0.3, 0.4) is 0 Å². The van der Waals surface area contributed by atoms with Crippen molar-refractivity contribution in [3.05, 3.63) is 59.0 Å². The van der Waals surface area contributed by atoms with E-state index in [2.05, 4.69) is 25.2 Å². The molecule has 0 spiro atoms. The van der Waals surface area contributed by atoms with Crippen LogP contribution in [0.4, 0.5) is 17.3 Å². The number of hydrogen-bond donors (Lipinski definition) is 1. The van der Waals surface area contributed by atoms with Gasteiger partial charge in [-0.15, -0.1) is 0 Å². The zero-order valence-electron chi connectivity index (χ0n) is 14.1. The molecule has 0 bridgehead atoms. The third-order valence-corrected chi connectivity index (χ3v) is 4.56. The van der Waals surface area contributed by atoms with Crippen molar-refractivity contribution < 1.29 is 4.92 Å². The molecule has 0 amide bonds. The van der Waals surface area contributed by atoms with Crippen molar-refractivity contribution in [2.45, 2.75) is 18.9 Å². The molecule has 0 aliphatic carbocycles. The van der Waals surface area contributed by atoms with Crippen molar-refractivity contribution in [1.29, 1.82) is 0 Å². The van der Waals surface area contributed by atoms with Gasteiger partial charge in [-0.2, -0.15) is 0 Å². The molecule has 1 atom stereocenters. The molecule has 1 saturated heterocycles. The second-order valence-corrected chi connectivity index (χ2v) is 6.27. The standard InChI is InChI=1S/C18H18N6O2/c25-24(26)16-7-6-15(17-14(16)5-1-8-19-17)22-13-4-2-11-23(12-13)18-20-9-3-10-21-18/h1,3,5-10,13,22H,2,4,11-12H2. The first-order chi connectivity index (χ1) is 12.7. The second-order valence-electron chi connectivity index (χ2n) is 6.27. The molecule has 1 N–H and O–H groups in total. The number of rotatable bonds is 4. The molecule has 1 aliphatic heterocycles. The van der Waals surface area contributed by atoms with Gasteiger partial charge in [0.15, 0.2) is 0 Å². The Bertz CT molecular complexity index is 933. The van der Waals surface area contributed by atoms with Crippen LogP contribution in [0.25, 0.3) is 10.9 Å². The van der Waals surface area contributed by atoms with Gasteiger partial charge in [0.05, 0.1) is 16.0 Å². The smallest absolute Gasteiger partial charge is 0.278 e. The quantitative estimate of drug-likeness (QED) is 0.570. The summed E-state index contributed by atoms with van der Waals surface area (Å²) in [7, 11) is 0. The van der Waals surface area contributed by atoms with Gasteiger partial charge in [0, 0.05) is 43.8 Å². The molecule has 2 aromatic heterocycles. The number of nitro benzene ring substituents is 1. The van der Waals surface area contributed by atoms with Gasteiger partial charge >= 0.3 is 0 Å². The highest BCUT2D eigenvalue weighted by atomic mass is 16.6. The van der Waals surface area contributed by atoms with Gasteiger partial charge in [0.25, 0.3) is 5.69 Å². The topological polar surface area (TPSA) is 97.1 Å². The Morgan fingerprint density at radius 3 is 2.73 bits per heavy atom. The van der Waals surface area contributed by atoms with E-state index in [1.165, 1.54) is 6.07 Å². The number of non-ortho nitro benzene ring substituents is 1. The predicted molar refractivity (Wildman–Crippen MR) is 99.3 cm³/mol. The number of hydrogen-bond acceptors (Lipinski definition) is 7. The number of piperidine rings is 1. The van der Waals surface area contributed by atoms with E-state index in [1.54, 1.807) is 42.9 Å². The number of nitrogens with zero attached hydrogens (tertiary/aromatic N) is 5. The van der Waals surface area contributed by atoms with Gasteiger partial charge in [-0.05, 0) is 37.1 Å². The van der Waals surface area contributed by atoms with E-state index in [4.69, 9.17) is 0 Å². The molecule has 3 heterocycles. The normalized spacial score (nSPS) is 17.2. The van der Waals surface area contributed by atoms with Crippen molar-refractivity contribution in [2.24, 2.45) is 0 Å². The Hall–Kier alpha value is -3.29. The first kappa shape index (κ1) is 16.2. The Morgan fingerprint density at radius 1 is 1.12 bits per heavy atom. The first-order valence-corrected chi connectivity index (χ1v) is 8.53. The third-order valence-electron chi connectivity index (χ3n) is 4.56.